The summed E-state index contributed by atoms with van der Waals surface area (Å²) in [5, 5.41) is 10.2. The van der Waals surface area contributed by atoms with E-state index in [4.69, 9.17) is 0 Å². The molecule has 1 heteroatoms. The zero-order chi connectivity index (χ0) is 14.5. The van der Waals surface area contributed by atoms with E-state index in [1.54, 1.807) is 6.07 Å². The average molecular weight is 274 g/mol. The van der Waals surface area contributed by atoms with Crippen LogP contribution in [0, 0.1) is 0 Å². The van der Waals surface area contributed by atoms with Crippen molar-refractivity contribution in [3.63, 3.8) is 0 Å². The maximum Gasteiger partial charge on any atom is 0.119 e. The molecule has 0 spiro atoms. The van der Waals surface area contributed by atoms with Crippen LogP contribution in [0.3, 0.4) is 0 Å². The third-order valence-corrected chi connectivity index (χ3v) is 3.71. The fourth-order valence-corrected chi connectivity index (χ4v) is 2.61. The second kappa shape index (κ2) is 6.27. The first-order valence-electron chi connectivity index (χ1n) is 7.20. The standard InChI is InChI=1S/C20H18O/c21-20-13-7-12-18(14-16-8-3-1-4-9-16)19(20)15-17-10-5-2-6-11-17/h1-13,21H,14-15H2. The van der Waals surface area contributed by atoms with Gasteiger partial charge >= 0.3 is 0 Å². The SMILES string of the molecule is Oc1cccc(Cc2ccccc2)c1Cc1ccccc1. The highest BCUT2D eigenvalue weighted by Crippen LogP contribution is 2.26. The molecule has 3 aromatic carbocycles. The van der Waals surface area contributed by atoms with E-state index in [-0.39, 0.29) is 0 Å². The molecule has 3 aromatic rings. The predicted octanol–water partition coefficient (Wildman–Crippen LogP) is 4.57. The van der Waals surface area contributed by atoms with Crippen LogP contribution in [0.25, 0.3) is 0 Å². The molecule has 0 saturated carbocycles. The highest BCUT2D eigenvalue weighted by molar-refractivity contribution is 5.44. The maximum absolute atomic E-state index is 10.2. The van der Waals surface area contributed by atoms with Crippen molar-refractivity contribution in [1.82, 2.24) is 0 Å². The molecule has 1 N–H and O–H groups in total. The first kappa shape index (κ1) is 13.4. The molecule has 0 fully saturated rings. The van der Waals surface area contributed by atoms with Crippen LogP contribution >= 0.6 is 0 Å². The van der Waals surface area contributed by atoms with Gasteiger partial charge in [0.05, 0.1) is 0 Å². The molecule has 1 nitrogen and oxygen atoms in total. The highest BCUT2D eigenvalue weighted by atomic mass is 16.3. The summed E-state index contributed by atoms with van der Waals surface area (Å²) < 4.78 is 0. The Kier molecular flexibility index (Phi) is 4.02. The van der Waals surface area contributed by atoms with Crippen molar-refractivity contribution < 1.29 is 5.11 Å². The van der Waals surface area contributed by atoms with Gasteiger partial charge in [-0.2, -0.15) is 0 Å². The molecule has 0 amide bonds. The summed E-state index contributed by atoms with van der Waals surface area (Å²) in [6.07, 6.45) is 1.60. The Bertz CT molecular complexity index is 702. The molecule has 0 aromatic heterocycles. The van der Waals surface area contributed by atoms with Crippen molar-refractivity contribution >= 4 is 0 Å². The van der Waals surface area contributed by atoms with Gasteiger partial charge in [-0.25, -0.2) is 0 Å². The van der Waals surface area contributed by atoms with Crippen LogP contribution in [-0.4, -0.2) is 5.11 Å². The largest absolute Gasteiger partial charge is 0.508 e. The van der Waals surface area contributed by atoms with E-state index in [1.165, 1.54) is 16.7 Å². The van der Waals surface area contributed by atoms with E-state index >= 15 is 0 Å². The van der Waals surface area contributed by atoms with Crippen LogP contribution in [0.5, 0.6) is 5.75 Å². The first-order chi connectivity index (χ1) is 10.3. The summed E-state index contributed by atoms with van der Waals surface area (Å²) in [5.74, 6) is 0.382. The van der Waals surface area contributed by atoms with Crippen LogP contribution in [0.1, 0.15) is 22.3 Å². The zero-order valence-corrected chi connectivity index (χ0v) is 11.9. The molecule has 3 rings (SSSR count). The Labute approximate surface area is 125 Å². The fraction of sp³-hybridized carbons (Fsp3) is 0.100. The van der Waals surface area contributed by atoms with E-state index in [1.807, 2.05) is 30.3 Å². The quantitative estimate of drug-likeness (QED) is 0.738. The molecule has 0 aliphatic carbocycles. The molecule has 21 heavy (non-hydrogen) atoms. The highest BCUT2D eigenvalue weighted by Gasteiger charge is 2.09. The Morgan fingerprint density at radius 2 is 1.14 bits per heavy atom. The fourth-order valence-electron chi connectivity index (χ4n) is 2.61. The van der Waals surface area contributed by atoms with Crippen molar-refractivity contribution in [2.45, 2.75) is 12.8 Å². The van der Waals surface area contributed by atoms with Gasteiger partial charge in [-0.1, -0.05) is 72.8 Å². The zero-order valence-electron chi connectivity index (χ0n) is 11.9. The monoisotopic (exact) mass is 274 g/mol. The summed E-state index contributed by atoms with van der Waals surface area (Å²) in [4.78, 5) is 0. The van der Waals surface area contributed by atoms with Gasteiger partial charge in [0.2, 0.25) is 0 Å². The number of hydrogen-bond acceptors (Lipinski definition) is 1. The second-order valence-electron chi connectivity index (χ2n) is 5.24. The van der Waals surface area contributed by atoms with Crippen LogP contribution in [0.4, 0.5) is 0 Å². The minimum absolute atomic E-state index is 0.382. The molecule has 0 unspecified atom stereocenters. The van der Waals surface area contributed by atoms with Crippen molar-refractivity contribution in [2.75, 3.05) is 0 Å². The molecule has 104 valence electrons. The van der Waals surface area contributed by atoms with E-state index in [0.717, 1.165) is 18.4 Å². The lowest BCUT2D eigenvalue weighted by Gasteiger charge is -2.12. The Morgan fingerprint density at radius 3 is 1.76 bits per heavy atom. The molecular weight excluding hydrogens is 256 g/mol. The number of hydrogen-bond donors (Lipinski definition) is 1. The summed E-state index contributed by atoms with van der Waals surface area (Å²) in [5.41, 5.74) is 4.68. The third kappa shape index (κ3) is 3.32. The van der Waals surface area contributed by atoms with Crippen LogP contribution in [0.2, 0.25) is 0 Å². The minimum Gasteiger partial charge on any atom is -0.508 e. The Balaban J connectivity index is 1.92. The lowest BCUT2D eigenvalue weighted by atomic mass is 9.94. The number of rotatable bonds is 4. The van der Waals surface area contributed by atoms with Gasteiger partial charge in [0.15, 0.2) is 0 Å². The normalized spacial score (nSPS) is 10.5. The second-order valence-corrected chi connectivity index (χ2v) is 5.24. The topological polar surface area (TPSA) is 20.2 Å². The van der Waals surface area contributed by atoms with E-state index in [9.17, 15) is 5.11 Å². The van der Waals surface area contributed by atoms with Crippen molar-refractivity contribution in [3.05, 3.63) is 101 Å². The van der Waals surface area contributed by atoms with E-state index in [2.05, 4.69) is 42.5 Å². The maximum atomic E-state index is 10.2. The molecule has 0 saturated heterocycles. The van der Waals surface area contributed by atoms with E-state index in [0.29, 0.717) is 5.75 Å². The number of benzene rings is 3. The lowest BCUT2D eigenvalue weighted by molar-refractivity contribution is 0.468. The van der Waals surface area contributed by atoms with Gasteiger partial charge in [-0.05, 0) is 29.2 Å². The smallest absolute Gasteiger partial charge is 0.119 e. The van der Waals surface area contributed by atoms with Crippen molar-refractivity contribution in [2.24, 2.45) is 0 Å². The molecule has 0 radical (unpaired) electrons. The van der Waals surface area contributed by atoms with Gasteiger partial charge in [0.25, 0.3) is 0 Å². The van der Waals surface area contributed by atoms with Gasteiger partial charge < -0.3 is 5.11 Å². The Hall–Kier alpha value is -2.54. The minimum atomic E-state index is 0.382. The van der Waals surface area contributed by atoms with Gasteiger partial charge in [-0.3, -0.25) is 0 Å². The van der Waals surface area contributed by atoms with Crippen molar-refractivity contribution in [3.8, 4) is 5.75 Å². The molecule has 0 aliphatic rings. The third-order valence-electron chi connectivity index (χ3n) is 3.71. The van der Waals surface area contributed by atoms with Crippen molar-refractivity contribution in [1.29, 1.82) is 0 Å². The molecule has 0 atom stereocenters. The van der Waals surface area contributed by atoms with Crippen LogP contribution < -0.4 is 0 Å². The average Bonchev–Trinajstić information content (AvgIpc) is 2.53. The molecule has 0 bridgehead atoms. The predicted molar refractivity (Wildman–Crippen MR) is 86.6 cm³/mol. The number of aromatic hydroxyl groups is 1. The summed E-state index contributed by atoms with van der Waals surface area (Å²) >= 11 is 0. The van der Waals surface area contributed by atoms with Crippen LogP contribution in [-0.2, 0) is 12.8 Å². The summed E-state index contributed by atoms with van der Waals surface area (Å²) in [7, 11) is 0. The molecule has 0 heterocycles. The number of phenolic OH excluding ortho intramolecular Hbond substituents is 1. The first-order valence-corrected chi connectivity index (χ1v) is 7.20. The number of phenols is 1. The van der Waals surface area contributed by atoms with Gasteiger partial charge in [-0.15, -0.1) is 0 Å². The van der Waals surface area contributed by atoms with Crippen LogP contribution in [0.15, 0.2) is 78.9 Å². The lowest BCUT2D eigenvalue weighted by Crippen LogP contribution is -1.97. The Morgan fingerprint density at radius 1 is 0.571 bits per heavy atom. The summed E-state index contributed by atoms with van der Waals surface area (Å²) in [6, 6.07) is 26.4. The molecular formula is C20H18O. The van der Waals surface area contributed by atoms with E-state index < -0.39 is 0 Å². The van der Waals surface area contributed by atoms with Gasteiger partial charge in [0, 0.05) is 12.0 Å². The molecule has 0 aliphatic heterocycles. The summed E-state index contributed by atoms with van der Waals surface area (Å²) in [6.45, 7) is 0. The van der Waals surface area contributed by atoms with Gasteiger partial charge in [0.1, 0.15) is 5.75 Å².